The maximum atomic E-state index is 12.8. The highest BCUT2D eigenvalue weighted by Gasteiger charge is 2.28. The Morgan fingerprint density at radius 2 is 2.00 bits per heavy atom. The fourth-order valence-corrected chi connectivity index (χ4v) is 3.49. The van der Waals surface area contributed by atoms with Crippen LogP contribution in [-0.4, -0.2) is 58.6 Å². The minimum absolute atomic E-state index is 0.0654. The topological polar surface area (TPSA) is 72.3 Å². The number of hydrogen-bond donors (Lipinski definition) is 1. The Morgan fingerprint density at radius 3 is 2.80 bits per heavy atom. The van der Waals surface area contributed by atoms with Crippen molar-refractivity contribution in [3.05, 3.63) is 47.8 Å². The maximum Gasteiger partial charge on any atom is 0.276 e. The lowest BCUT2D eigenvalue weighted by atomic mass is 10.1. The second-order valence-electron chi connectivity index (χ2n) is 6.59. The lowest BCUT2D eigenvalue weighted by molar-refractivity contribution is -0.0230. The van der Waals surface area contributed by atoms with Gasteiger partial charge in [-0.3, -0.25) is 4.79 Å². The standard InChI is InChI=1S/C18H23N5O2/c24-18(16-12-23(21-20-16)15-6-8-19-9-7-15)22-10-11-25-17(13-22)14-4-2-1-3-5-14/h1-5,12,15,17,19H,6-11,13H2. The molecule has 0 aliphatic carbocycles. The van der Waals surface area contributed by atoms with Crippen LogP contribution in [-0.2, 0) is 4.74 Å². The summed E-state index contributed by atoms with van der Waals surface area (Å²) >= 11 is 0. The third-order valence-electron chi connectivity index (χ3n) is 4.94. The SMILES string of the molecule is O=C(c1cn(C2CCNCC2)nn1)N1CCOC(c2ccccc2)C1. The van der Waals surface area contributed by atoms with Gasteiger partial charge in [-0.05, 0) is 31.5 Å². The summed E-state index contributed by atoms with van der Waals surface area (Å²) in [5.74, 6) is -0.0654. The fraction of sp³-hybridized carbons (Fsp3) is 0.500. The van der Waals surface area contributed by atoms with Gasteiger partial charge >= 0.3 is 0 Å². The van der Waals surface area contributed by atoms with Crippen molar-refractivity contribution in [1.82, 2.24) is 25.2 Å². The Balaban J connectivity index is 1.44. The van der Waals surface area contributed by atoms with Crippen LogP contribution in [0.1, 0.15) is 41.0 Å². The molecule has 132 valence electrons. The van der Waals surface area contributed by atoms with Crippen molar-refractivity contribution in [2.75, 3.05) is 32.8 Å². The van der Waals surface area contributed by atoms with Gasteiger partial charge in [0, 0.05) is 6.54 Å². The number of amides is 1. The van der Waals surface area contributed by atoms with E-state index in [9.17, 15) is 4.79 Å². The predicted molar refractivity (Wildman–Crippen MR) is 92.2 cm³/mol. The van der Waals surface area contributed by atoms with Gasteiger partial charge < -0.3 is 15.0 Å². The van der Waals surface area contributed by atoms with Gasteiger partial charge in [-0.25, -0.2) is 4.68 Å². The Labute approximate surface area is 147 Å². The molecule has 1 aromatic carbocycles. The van der Waals surface area contributed by atoms with Crippen LogP contribution in [0.5, 0.6) is 0 Å². The number of benzene rings is 1. The molecule has 1 N–H and O–H groups in total. The molecule has 2 aromatic rings. The first-order chi connectivity index (χ1) is 12.3. The highest BCUT2D eigenvalue weighted by Crippen LogP contribution is 2.23. The molecule has 2 aliphatic rings. The van der Waals surface area contributed by atoms with Crippen molar-refractivity contribution in [1.29, 1.82) is 0 Å². The molecule has 2 aliphatic heterocycles. The first-order valence-corrected chi connectivity index (χ1v) is 8.89. The van der Waals surface area contributed by atoms with Crippen LogP contribution in [0.25, 0.3) is 0 Å². The zero-order chi connectivity index (χ0) is 17.1. The Hall–Kier alpha value is -2.25. The van der Waals surface area contributed by atoms with Gasteiger partial charge in [0.15, 0.2) is 5.69 Å². The molecule has 0 saturated carbocycles. The molecule has 1 amide bonds. The third-order valence-corrected chi connectivity index (χ3v) is 4.94. The van der Waals surface area contributed by atoms with Crippen LogP contribution in [0.15, 0.2) is 36.5 Å². The molecular formula is C18H23N5O2. The van der Waals surface area contributed by atoms with E-state index >= 15 is 0 Å². The van der Waals surface area contributed by atoms with Gasteiger partial charge in [0.25, 0.3) is 5.91 Å². The second kappa shape index (κ2) is 7.33. The molecular weight excluding hydrogens is 318 g/mol. The van der Waals surface area contributed by atoms with E-state index in [1.807, 2.05) is 39.9 Å². The average Bonchev–Trinajstić information content (AvgIpc) is 3.19. The number of rotatable bonds is 3. The molecule has 3 heterocycles. The van der Waals surface area contributed by atoms with Gasteiger partial charge in [-0.1, -0.05) is 35.5 Å². The summed E-state index contributed by atoms with van der Waals surface area (Å²) in [4.78, 5) is 14.6. The smallest absolute Gasteiger partial charge is 0.276 e. The molecule has 1 unspecified atom stereocenters. The number of piperidine rings is 1. The molecule has 1 aromatic heterocycles. The molecule has 2 saturated heterocycles. The van der Waals surface area contributed by atoms with Gasteiger partial charge in [0.1, 0.15) is 6.10 Å². The summed E-state index contributed by atoms with van der Waals surface area (Å²) in [7, 11) is 0. The fourth-order valence-electron chi connectivity index (χ4n) is 3.49. The van der Waals surface area contributed by atoms with Crippen LogP contribution >= 0.6 is 0 Å². The van der Waals surface area contributed by atoms with Gasteiger partial charge in [-0.15, -0.1) is 5.10 Å². The number of nitrogens with one attached hydrogen (secondary N) is 1. The molecule has 1 atom stereocenters. The van der Waals surface area contributed by atoms with Crippen molar-refractivity contribution in [2.24, 2.45) is 0 Å². The molecule has 4 rings (SSSR count). The van der Waals surface area contributed by atoms with Gasteiger partial charge in [0.05, 0.1) is 25.4 Å². The van der Waals surface area contributed by atoms with Crippen molar-refractivity contribution < 1.29 is 9.53 Å². The lowest BCUT2D eigenvalue weighted by Crippen LogP contribution is -2.42. The van der Waals surface area contributed by atoms with E-state index in [1.54, 1.807) is 6.20 Å². The first-order valence-electron chi connectivity index (χ1n) is 8.89. The molecule has 0 radical (unpaired) electrons. The van der Waals surface area contributed by atoms with E-state index < -0.39 is 0 Å². The summed E-state index contributed by atoms with van der Waals surface area (Å²) < 4.78 is 7.69. The third kappa shape index (κ3) is 3.57. The van der Waals surface area contributed by atoms with Crippen molar-refractivity contribution in [2.45, 2.75) is 25.0 Å². The van der Waals surface area contributed by atoms with E-state index in [-0.39, 0.29) is 12.0 Å². The Bertz CT molecular complexity index is 711. The number of morpholine rings is 1. The minimum atomic E-state index is -0.0848. The van der Waals surface area contributed by atoms with E-state index in [0.717, 1.165) is 31.5 Å². The van der Waals surface area contributed by atoms with Gasteiger partial charge in [-0.2, -0.15) is 0 Å². The summed E-state index contributed by atoms with van der Waals surface area (Å²) in [5, 5.41) is 11.7. The normalized spacial score (nSPS) is 22.1. The number of hydrogen-bond acceptors (Lipinski definition) is 5. The number of carbonyl (C=O) groups excluding carboxylic acids is 1. The van der Waals surface area contributed by atoms with E-state index in [4.69, 9.17) is 4.74 Å². The first kappa shape index (κ1) is 16.2. The summed E-state index contributed by atoms with van der Waals surface area (Å²) in [6.07, 6.45) is 3.75. The van der Waals surface area contributed by atoms with Gasteiger partial charge in [0.2, 0.25) is 0 Å². The zero-order valence-electron chi connectivity index (χ0n) is 14.2. The quantitative estimate of drug-likeness (QED) is 0.914. The van der Waals surface area contributed by atoms with E-state index in [1.165, 1.54) is 0 Å². The highest BCUT2D eigenvalue weighted by molar-refractivity contribution is 5.92. The summed E-state index contributed by atoms with van der Waals surface area (Å²) in [5.41, 5.74) is 1.52. The number of carbonyl (C=O) groups is 1. The van der Waals surface area contributed by atoms with Crippen LogP contribution in [0, 0.1) is 0 Å². The highest BCUT2D eigenvalue weighted by atomic mass is 16.5. The number of nitrogens with zero attached hydrogens (tertiary/aromatic N) is 4. The molecule has 2 fully saturated rings. The maximum absolute atomic E-state index is 12.8. The molecule has 25 heavy (non-hydrogen) atoms. The van der Waals surface area contributed by atoms with Crippen LogP contribution in [0.4, 0.5) is 0 Å². The number of ether oxygens (including phenoxy) is 1. The average molecular weight is 341 g/mol. The Morgan fingerprint density at radius 1 is 1.20 bits per heavy atom. The molecule has 0 spiro atoms. The van der Waals surface area contributed by atoms with Crippen LogP contribution in [0.3, 0.4) is 0 Å². The summed E-state index contributed by atoms with van der Waals surface area (Å²) in [6, 6.07) is 10.4. The zero-order valence-corrected chi connectivity index (χ0v) is 14.2. The summed E-state index contributed by atoms with van der Waals surface area (Å²) in [6.45, 7) is 3.63. The molecule has 7 nitrogen and oxygen atoms in total. The monoisotopic (exact) mass is 341 g/mol. The van der Waals surface area contributed by atoms with Crippen molar-refractivity contribution in [3.63, 3.8) is 0 Å². The minimum Gasteiger partial charge on any atom is -0.370 e. The van der Waals surface area contributed by atoms with Crippen LogP contribution < -0.4 is 5.32 Å². The Kier molecular flexibility index (Phi) is 4.76. The van der Waals surface area contributed by atoms with Crippen LogP contribution in [0.2, 0.25) is 0 Å². The lowest BCUT2D eigenvalue weighted by Gasteiger charge is -2.32. The van der Waals surface area contributed by atoms with Crippen molar-refractivity contribution >= 4 is 5.91 Å². The van der Waals surface area contributed by atoms with Crippen molar-refractivity contribution in [3.8, 4) is 0 Å². The van der Waals surface area contributed by atoms with E-state index in [0.29, 0.717) is 31.4 Å². The predicted octanol–water partition coefficient (Wildman–Crippen LogP) is 1.42. The molecule has 0 bridgehead atoms. The largest absolute Gasteiger partial charge is 0.370 e. The second-order valence-corrected chi connectivity index (χ2v) is 6.59. The molecule has 7 heteroatoms. The van der Waals surface area contributed by atoms with E-state index in [2.05, 4.69) is 15.6 Å². The number of aromatic nitrogens is 3.